The zero-order valence-corrected chi connectivity index (χ0v) is 11.6. The monoisotopic (exact) mass is 255 g/mol. The van der Waals surface area contributed by atoms with E-state index in [1.54, 1.807) is 0 Å². The van der Waals surface area contributed by atoms with E-state index in [0.717, 1.165) is 12.2 Å². The second-order valence-electron chi connectivity index (χ2n) is 4.54. The molecule has 2 rings (SSSR count). The third kappa shape index (κ3) is 3.83. The van der Waals surface area contributed by atoms with Crippen LogP contribution in [0.2, 0.25) is 0 Å². The molecule has 19 heavy (non-hydrogen) atoms. The quantitative estimate of drug-likeness (QED) is 0.851. The first-order valence-electron chi connectivity index (χ1n) is 6.77. The maximum absolute atomic E-state index is 5.56. The van der Waals surface area contributed by atoms with E-state index in [2.05, 4.69) is 47.8 Å². The van der Waals surface area contributed by atoms with E-state index in [1.165, 1.54) is 11.1 Å². The fraction of sp³-hybridized carbons (Fsp3) is 0.294. The average molecular weight is 255 g/mol. The SMILES string of the molecule is CCOc1cccc([C@H](Cc2ccccc2)NC)c1. The van der Waals surface area contributed by atoms with Gasteiger partial charge < -0.3 is 10.1 Å². The molecule has 0 bridgehead atoms. The van der Waals surface area contributed by atoms with Crippen molar-refractivity contribution >= 4 is 0 Å². The third-order valence-corrected chi connectivity index (χ3v) is 3.20. The lowest BCUT2D eigenvalue weighted by atomic mass is 9.99. The topological polar surface area (TPSA) is 21.3 Å². The van der Waals surface area contributed by atoms with Crippen LogP contribution >= 0.6 is 0 Å². The number of rotatable bonds is 6. The molecule has 0 heterocycles. The van der Waals surface area contributed by atoms with Crippen molar-refractivity contribution in [1.82, 2.24) is 5.32 Å². The van der Waals surface area contributed by atoms with Gasteiger partial charge in [0.25, 0.3) is 0 Å². The molecule has 0 aromatic heterocycles. The number of hydrogen-bond acceptors (Lipinski definition) is 2. The van der Waals surface area contributed by atoms with Crippen LogP contribution in [0.4, 0.5) is 0 Å². The van der Waals surface area contributed by atoms with E-state index in [9.17, 15) is 0 Å². The maximum Gasteiger partial charge on any atom is 0.119 e. The van der Waals surface area contributed by atoms with Gasteiger partial charge in [0, 0.05) is 6.04 Å². The van der Waals surface area contributed by atoms with Crippen molar-refractivity contribution in [3.05, 3.63) is 65.7 Å². The predicted octanol–water partition coefficient (Wildman–Crippen LogP) is 3.59. The predicted molar refractivity (Wildman–Crippen MR) is 79.6 cm³/mol. The van der Waals surface area contributed by atoms with Crippen LogP contribution in [-0.4, -0.2) is 13.7 Å². The Labute approximate surface area is 115 Å². The molecule has 0 saturated heterocycles. The van der Waals surface area contributed by atoms with Crippen LogP contribution in [-0.2, 0) is 6.42 Å². The molecule has 0 fully saturated rings. The molecule has 0 unspecified atom stereocenters. The Morgan fingerprint density at radius 3 is 2.53 bits per heavy atom. The van der Waals surface area contributed by atoms with Gasteiger partial charge in [0.05, 0.1) is 6.61 Å². The van der Waals surface area contributed by atoms with E-state index in [0.29, 0.717) is 12.6 Å². The molecule has 0 spiro atoms. The van der Waals surface area contributed by atoms with Gasteiger partial charge in [-0.25, -0.2) is 0 Å². The molecule has 0 amide bonds. The van der Waals surface area contributed by atoms with Crippen LogP contribution in [0.15, 0.2) is 54.6 Å². The Morgan fingerprint density at radius 2 is 1.84 bits per heavy atom. The lowest BCUT2D eigenvalue weighted by Gasteiger charge is -2.17. The van der Waals surface area contributed by atoms with Gasteiger partial charge in [0.2, 0.25) is 0 Å². The highest BCUT2D eigenvalue weighted by Crippen LogP contribution is 2.22. The summed E-state index contributed by atoms with van der Waals surface area (Å²) in [7, 11) is 2.00. The van der Waals surface area contributed by atoms with Crippen molar-refractivity contribution in [1.29, 1.82) is 0 Å². The summed E-state index contributed by atoms with van der Waals surface area (Å²) >= 11 is 0. The van der Waals surface area contributed by atoms with Crippen molar-refractivity contribution in [2.75, 3.05) is 13.7 Å². The van der Waals surface area contributed by atoms with Gasteiger partial charge in [-0.05, 0) is 43.7 Å². The molecule has 2 aromatic carbocycles. The Bertz CT molecular complexity index is 496. The molecule has 2 aromatic rings. The molecule has 0 saturated carbocycles. The molecular weight excluding hydrogens is 234 g/mol. The maximum atomic E-state index is 5.56. The zero-order chi connectivity index (χ0) is 13.5. The van der Waals surface area contributed by atoms with Crippen molar-refractivity contribution in [3.8, 4) is 5.75 Å². The molecule has 1 atom stereocenters. The molecule has 1 N–H and O–H groups in total. The standard InChI is InChI=1S/C17H21NO/c1-3-19-16-11-7-10-15(13-16)17(18-2)12-14-8-5-4-6-9-14/h4-11,13,17-18H,3,12H2,1-2H3/t17-/m0/s1. The summed E-state index contributed by atoms with van der Waals surface area (Å²) in [5.74, 6) is 0.938. The first kappa shape index (κ1) is 13.6. The molecule has 0 aliphatic rings. The number of likely N-dealkylation sites (N-methyl/N-ethyl adjacent to an activating group) is 1. The first-order chi connectivity index (χ1) is 9.33. The fourth-order valence-corrected chi connectivity index (χ4v) is 2.22. The Balaban J connectivity index is 2.15. The average Bonchev–Trinajstić information content (AvgIpc) is 2.46. The van der Waals surface area contributed by atoms with Crippen molar-refractivity contribution in [2.24, 2.45) is 0 Å². The first-order valence-corrected chi connectivity index (χ1v) is 6.77. The molecule has 0 aliphatic heterocycles. The van der Waals surface area contributed by atoms with E-state index >= 15 is 0 Å². The molecule has 2 heteroatoms. The van der Waals surface area contributed by atoms with Crippen molar-refractivity contribution in [3.63, 3.8) is 0 Å². The van der Waals surface area contributed by atoms with Crippen LogP contribution in [0, 0.1) is 0 Å². The van der Waals surface area contributed by atoms with Crippen LogP contribution in [0.5, 0.6) is 5.75 Å². The minimum Gasteiger partial charge on any atom is -0.494 e. The molecule has 2 nitrogen and oxygen atoms in total. The third-order valence-electron chi connectivity index (χ3n) is 3.20. The highest BCUT2D eigenvalue weighted by Gasteiger charge is 2.10. The molecule has 100 valence electrons. The summed E-state index contributed by atoms with van der Waals surface area (Å²) in [6, 6.07) is 19.2. The minimum atomic E-state index is 0.308. The van der Waals surface area contributed by atoms with Crippen molar-refractivity contribution < 1.29 is 4.74 Å². The van der Waals surface area contributed by atoms with E-state index in [-0.39, 0.29) is 0 Å². The number of ether oxygens (including phenoxy) is 1. The zero-order valence-electron chi connectivity index (χ0n) is 11.6. The van der Waals surface area contributed by atoms with Gasteiger partial charge in [0.15, 0.2) is 0 Å². The summed E-state index contributed by atoms with van der Waals surface area (Å²) in [6.07, 6.45) is 0.979. The van der Waals surface area contributed by atoms with Gasteiger partial charge in [-0.15, -0.1) is 0 Å². The summed E-state index contributed by atoms with van der Waals surface area (Å²) in [4.78, 5) is 0. The number of hydrogen-bond donors (Lipinski definition) is 1. The Hall–Kier alpha value is -1.80. The van der Waals surface area contributed by atoms with Crippen molar-refractivity contribution in [2.45, 2.75) is 19.4 Å². The van der Waals surface area contributed by atoms with E-state index < -0.39 is 0 Å². The summed E-state index contributed by atoms with van der Waals surface area (Å²) in [6.45, 7) is 2.71. The smallest absolute Gasteiger partial charge is 0.119 e. The van der Waals surface area contributed by atoms with Crippen LogP contribution < -0.4 is 10.1 Å². The lowest BCUT2D eigenvalue weighted by Crippen LogP contribution is -2.18. The number of nitrogens with one attached hydrogen (secondary N) is 1. The van der Waals surface area contributed by atoms with Gasteiger partial charge >= 0.3 is 0 Å². The van der Waals surface area contributed by atoms with Crippen LogP contribution in [0.25, 0.3) is 0 Å². The van der Waals surface area contributed by atoms with Gasteiger partial charge in [-0.1, -0.05) is 42.5 Å². The van der Waals surface area contributed by atoms with Gasteiger partial charge in [-0.3, -0.25) is 0 Å². The lowest BCUT2D eigenvalue weighted by molar-refractivity contribution is 0.339. The fourth-order valence-electron chi connectivity index (χ4n) is 2.22. The Morgan fingerprint density at radius 1 is 1.05 bits per heavy atom. The second-order valence-corrected chi connectivity index (χ2v) is 4.54. The van der Waals surface area contributed by atoms with Crippen LogP contribution in [0.1, 0.15) is 24.1 Å². The van der Waals surface area contributed by atoms with Gasteiger partial charge in [0.1, 0.15) is 5.75 Å². The highest BCUT2D eigenvalue weighted by atomic mass is 16.5. The Kier molecular flexibility index (Phi) is 4.99. The minimum absolute atomic E-state index is 0.308. The molecule has 0 radical (unpaired) electrons. The summed E-state index contributed by atoms with van der Waals surface area (Å²) < 4.78 is 5.56. The molecule has 0 aliphatic carbocycles. The largest absolute Gasteiger partial charge is 0.494 e. The number of benzene rings is 2. The van der Waals surface area contributed by atoms with Gasteiger partial charge in [-0.2, -0.15) is 0 Å². The normalized spacial score (nSPS) is 12.1. The molecular formula is C17H21NO. The second kappa shape index (κ2) is 6.95. The summed E-state index contributed by atoms with van der Waals surface area (Å²) in [5.41, 5.74) is 2.60. The van der Waals surface area contributed by atoms with Crippen LogP contribution in [0.3, 0.4) is 0 Å². The highest BCUT2D eigenvalue weighted by molar-refractivity contribution is 5.32. The van der Waals surface area contributed by atoms with E-state index in [4.69, 9.17) is 4.74 Å². The summed E-state index contributed by atoms with van der Waals surface area (Å²) in [5, 5.41) is 3.38. The van der Waals surface area contributed by atoms with E-state index in [1.807, 2.05) is 26.1 Å².